The molecule has 0 aliphatic carbocycles. The van der Waals surface area contributed by atoms with E-state index in [2.05, 4.69) is 0 Å². The number of phenols is 2. The van der Waals surface area contributed by atoms with Gasteiger partial charge in [-0.25, -0.2) is 9.97 Å². The van der Waals surface area contributed by atoms with Gasteiger partial charge in [0.1, 0.15) is 11.5 Å². The van der Waals surface area contributed by atoms with Gasteiger partial charge in [-0.15, -0.1) is 0 Å². The van der Waals surface area contributed by atoms with Crippen LogP contribution in [-0.4, -0.2) is 20.2 Å². The lowest BCUT2D eigenvalue weighted by Crippen LogP contribution is -1.82. The molecule has 0 aliphatic rings. The summed E-state index contributed by atoms with van der Waals surface area (Å²) in [4.78, 5) is 9.83. The molecule has 0 fully saturated rings. The molecule has 2 N–H and O–H groups in total. The topological polar surface area (TPSA) is 66.2 Å². The average molecular weight is 491 g/mol. The van der Waals surface area contributed by atoms with Crippen molar-refractivity contribution in [3.05, 3.63) is 121 Å². The molecule has 0 unspecified atom stereocenters. The van der Waals surface area contributed by atoms with Crippen molar-refractivity contribution in [1.29, 1.82) is 0 Å². The number of phenolic OH excluding ortho intramolecular Hbond substituents is 2. The quantitative estimate of drug-likeness (QED) is 0.224. The van der Waals surface area contributed by atoms with Gasteiger partial charge < -0.3 is 10.2 Å². The first kappa shape index (κ1) is 22.0. The van der Waals surface area contributed by atoms with Crippen molar-refractivity contribution in [1.82, 2.24) is 9.97 Å². The Morgan fingerprint density at radius 2 is 0.684 bits per heavy atom. The number of hydrogen-bond acceptors (Lipinski definition) is 4. The van der Waals surface area contributed by atoms with Crippen LogP contribution in [0.1, 0.15) is 0 Å². The fraction of sp³-hybridized carbons (Fsp3) is 0. The van der Waals surface area contributed by atoms with Crippen LogP contribution in [0, 0.1) is 0 Å². The van der Waals surface area contributed by atoms with Gasteiger partial charge in [-0.2, -0.15) is 0 Å². The monoisotopic (exact) mass is 490 g/mol. The lowest BCUT2D eigenvalue weighted by atomic mass is 10.1. The number of rotatable bonds is 0. The molecule has 0 atom stereocenters. The predicted octanol–water partition coefficient (Wildman–Crippen LogP) is 8.49. The molecule has 12 bridgehead atoms. The highest BCUT2D eigenvalue weighted by molar-refractivity contribution is 6.03. The number of pyridine rings is 2. The van der Waals surface area contributed by atoms with Crippen molar-refractivity contribution < 1.29 is 10.2 Å². The Kier molecular flexibility index (Phi) is 5.05. The molecular weight excluding hydrogens is 468 g/mol. The second-order valence-corrected chi connectivity index (χ2v) is 9.38. The number of fused-ring (bicyclic) bond motifs is 18. The van der Waals surface area contributed by atoms with Gasteiger partial charge in [-0.1, -0.05) is 72.8 Å². The van der Waals surface area contributed by atoms with Crippen LogP contribution in [0.4, 0.5) is 0 Å². The van der Waals surface area contributed by atoms with E-state index in [1.54, 1.807) is 0 Å². The Bertz CT molecular complexity index is 1870. The standard InChI is InChI=1S/C34H22N2O2/c37-33-25-11-3-13-27(33)32-18-6-16-30(36-32)24-10-2-8-22(20-24)26-12-4-14-28(34(26)38)31-17-5-15-29(35-31)23-9-1-7-21(25)19-23/h1-20,37-38H. The first-order valence-corrected chi connectivity index (χ1v) is 12.5. The van der Waals surface area contributed by atoms with E-state index in [0.717, 1.165) is 43.4 Å². The van der Waals surface area contributed by atoms with Crippen LogP contribution in [0.2, 0.25) is 0 Å². The van der Waals surface area contributed by atoms with Crippen molar-refractivity contribution in [3.8, 4) is 11.5 Å². The predicted molar refractivity (Wildman–Crippen MR) is 157 cm³/mol. The van der Waals surface area contributed by atoms with Gasteiger partial charge >= 0.3 is 0 Å². The molecule has 38 heavy (non-hydrogen) atoms. The third kappa shape index (κ3) is 3.62. The lowest BCUT2D eigenvalue weighted by molar-refractivity contribution is 0.487. The molecule has 180 valence electrons. The van der Waals surface area contributed by atoms with Gasteiger partial charge in [0.15, 0.2) is 0 Å². The third-order valence-corrected chi connectivity index (χ3v) is 7.06. The molecule has 4 aromatic carbocycles. The molecule has 0 spiro atoms. The summed E-state index contributed by atoms with van der Waals surface area (Å²) in [6.45, 7) is 0. The Morgan fingerprint density at radius 1 is 0.342 bits per heavy atom. The number of aromatic hydroxyl groups is 2. The highest BCUT2D eigenvalue weighted by Gasteiger charge is 2.06. The largest absolute Gasteiger partial charge is 0.507 e. The number of aromatic nitrogens is 2. The van der Waals surface area contributed by atoms with Gasteiger partial charge in [-0.05, 0) is 59.3 Å². The highest BCUT2D eigenvalue weighted by atomic mass is 16.3. The summed E-state index contributed by atoms with van der Waals surface area (Å²) in [5.41, 5.74) is 2.93. The number of benzene rings is 4. The van der Waals surface area contributed by atoms with E-state index in [-0.39, 0.29) is 11.5 Å². The summed E-state index contributed by atoms with van der Waals surface area (Å²) in [7, 11) is 0. The second kappa shape index (κ2) is 8.71. The zero-order chi connectivity index (χ0) is 25.6. The molecule has 7 aromatic rings. The molecule has 7 rings (SSSR count). The molecule has 3 aromatic heterocycles. The van der Waals surface area contributed by atoms with Crippen LogP contribution < -0.4 is 0 Å². The van der Waals surface area contributed by atoms with E-state index in [0.29, 0.717) is 21.8 Å². The number of hydrogen-bond donors (Lipinski definition) is 2. The number of para-hydroxylation sites is 2. The summed E-state index contributed by atoms with van der Waals surface area (Å²) in [5.74, 6) is 0.372. The van der Waals surface area contributed by atoms with Crippen molar-refractivity contribution in [2.75, 3.05) is 0 Å². The van der Waals surface area contributed by atoms with Crippen LogP contribution >= 0.6 is 0 Å². The van der Waals surface area contributed by atoms with E-state index in [1.807, 2.05) is 121 Å². The van der Waals surface area contributed by atoms with Crippen molar-refractivity contribution in [2.45, 2.75) is 0 Å². The maximum atomic E-state index is 11.4. The van der Waals surface area contributed by atoms with Crippen LogP contribution in [0.5, 0.6) is 11.5 Å². The minimum Gasteiger partial charge on any atom is -0.507 e. The molecule has 0 amide bonds. The van der Waals surface area contributed by atoms with E-state index >= 15 is 0 Å². The molecule has 3 heterocycles. The summed E-state index contributed by atoms with van der Waals surface area (Å²) >= 11 is 0. The van der Waals surface area contributed by atoms with Crippen molar-refractivity contribution >= 4 is 65.2 Å². The molecule has 4 heteroatoms. The van der Waals surface area contributed by atoms with Crippen LogP contribution in [0.15, 0.2) is 121 Å². The van der Waals surface area contributed by atoms with Gasteiger partial charge in [0.25, 0.3) is 0 Å². The van der Waals surface area contributed by atoms with Gasteiger partial charge in [0, 0.05) is 32.3 Å². The van der Waals surface area contributed by atoms with E-state index in [1.165, 1.54) is 0 Å². The minimum atomic E-state index is 0.186. The van der Waals surface area contributed by atoms with Crippen molar-refractivity contribution in [2.24, 2.45) is 0 Å². The Balaban J connectivity index is 1.76. The second-order valence-electron chi connectivity index (χ2n) is 9.38. The first-order chi connectivity index (χ1) is 18.7. The zero-order valence-electron chi connectivity index (χ0n) is 20.3. The Labute approximate surface area is 218 Å². The fourth-order valence-corrected chi connectivity index (χ4v) is 5.15. The molecule has 0 aliphatic heterocycles. The van der Waals surface area contributed by atoms with E-state index in [9.17, 15) is 10.2 Å². The Morgan fingerprint density at radius 3 is 1.16 bits per heavy atom. The summed E-state index contributed by atoms with van der Waals surface area (Å²) < 4.78 is 0. The SMILES string of the molecule is Oc1c2cccc1c1cccc(n1)c1cccc(c1)c1cccc(c1O)c1cccc(n1)c1cccc2c1. The van der Waals surface area contributed by atoms with Crippen molar-refractivity contribution in [3.63, 3.8) is 0 Å². The normalized spacial score (nSPS) is 11.4. The highest BCUT2D eigenvalue weighted by Crippen LogP contribution is 2.33. The van der Waals surface area contributed by atoms with Gasteiger partial charge in [0.05, 0.1) is 22.1 Å². The Hall–Kier alpha value is -5.22. The van der Waals surface area contributed by atoms with Crippen LogP contribution in [0.3, 0.4) is 0 Å². The summed E-state index contributed by atoms with van der Waals surface area (Å²) in [5, 5.41) is 29.1. The summed E-state index contributed by atoms with van der Waals surface area (Å²) in [6, 6.07) is 39.1. The zero-order valence-corrected chi connectivity index (χ0v) is 20.3. The smallest absolute Gasteiger partial charge is 0.132 e. The third-order valence-electron chi connectivity index (χ3n) is 7.06. The fourth-order valence-electron chi connectivity index (χ4n) is 5.15. The average Bonchev–Trinajstić information content (AvgIpc) is 2.97. The molecular formula is C34H22N2O2. The van der Waals surface area contributed by atoms with Crippen LogP contribution in [0.25, 0.3) is 65.2 Å². The van der Waals surface area contributed by atoms with Crippen LogP contribution in [-0.2, 0) is 0 Å². The van der Waals surface area contributed by atoms with Gasteiger partial charge in [0.2, 0.25) is 0 Å². The van der Waals surface area contributed by atoms with E-state index < -0.39 is 0 Å². The minimum absolute atomic E-state index is 0.186. The number of nitrogens with zero attached hydrogens (tertiary/aromatic N) is 2. The maximum Gasteiger partial charge on any atom is 0.132 e. The van der Waals surface area contributed by atoms with Gasteiger partial charge in [-0.3, -0.25) is 0 Å². The lowest BCUT2D eigenvalue weighted by Gasteiger charge is -2.05. The molecule has 0 radical (unpaired) electrons. The summed E-state index contributed by atoms with van der Waals surface area (Å²) in [6.07, 6.45) is 0. The molecule has 0 saturated carbocycles. The van der Waals surface area contributed by atoms with E-state index in [4.69, 9.17) is 9.97 Å². The maximum absolute atomic E-state index is 11.4. The molecule has 4 nitrogen and oxygen atoms in total. The first-order valence-electron chi connectivity index (χ1n) is 12.5. The molecule has 0 saturated heterocycles.